The number of nitrogens with one attached hydrogen (secondary N) is 1. The molecule has 0 bridgehead atoms. The van der Waals surface area contributed by atoms with Gasteiger partial charge in [-0.1, -0.05) is 23.1 Å². The van der Waals surface area contributed by atoms with Gasteiger partial charge in [0.15, 0.2) is 4.34 Å². The van der Waals surface area contributed by atoms with Crippen LogP contribution in [0.15, 0.2) is 48.8 Å². The first-order valence-electron chi connectivity index (χ1n) is 8.43. The molecule has 4 heterocycles. The highest BCUT2D eigenvalue weighted by Gasteiger charge is 2.29. The zero-order chi connectivity index (χ0) is 18.7. The number of anilines is 1. The SMILES string of the molecule is O=S(=O)(c1ccc(CSc2nnc(NCc3ccco3)s2)o1)N1CCCC1. The van der Waals surface area contributed by atoms with Crippen molar-refractivity contribution < 1.29 is 17.3 Å². The molecule has 0 atom stereocenters. The van der Waals surface area contributed by atoms with Crippen molar-refractivity contribution in [3.63, 3.8) is 0 Å². The average Bonchev–Trinajstić information content (AvgIpc) is 3.47. The van der Waals surface area contributed by atoms with E-state index in [2.05, 4.69) is 15.5 Å². The van der Waals surface area contributed by atoms with Gasteiger partial charge in [0, 0.05) is 13.1 Å². The lowest BCUT2D eigenvalue weighted by Gasteiger charge is -2.12. The number of hydrogen-bond donors (Lipinski definition) is 1. The van der Waals surface area contributed by atoms with E-state index in [9.17, 15) is 8.42 Å². The number of hydrogen-bond acceptors (Lipinski definition) is 9. The summed E-state index contributed by atoms with van der Waals surface area (Å²) >= 11 is 2.88. The second kappa shape index (κ2) is 8.05. The first-order valence-corrected chi connectivity index (χ1v) is 11.7. The first-order chi connectivity index (χ1) is 13.1. The van der Waals surface area contributed by atoms with E-state index in [0.717, 1.165) is 22.9 Å². The molecular weight excluding hydrogens is 408 g/mol. The third-order valence-electron chi connectivity index (χ3n) is 4.03. The molecule has 3 aromatic rings. The maximum atomic E-state index is 12.5. The van der Waals surface area contributed by atoms with Gasteiger partial charge in [0.2, 0.25) is 10.2 Å². The van der Waals surface area contributed by atoms with Gasteiger partial charge in [-0.2, -0.15) is 4.31 Å². The maximum Gasteiger partial charge on any atom is 0.276 e. The summed E-state index contributed by atoms with van der Waals surface area (Å²) in [6, 6.07) is 6.95. The van der Waals surface area contributed by atoms with E-state index >= 15 is 0 Å². The minimum atomic E-state index is -3.51. The second-order valence-electron chi connectivity index (χ2n) is 5.93. The van der Waals surface area contributed by atoms with Gasteiger partial charge < -0.3 is 14.2 Å². The quantitative estimate of drug-likeness (QED) is 0.547. The van der Waals surface area contributed by atoms with Crippen LogP contribution in [0.25, 0.3) is 0 Å². The minimum absolute atomic E-state index is 0.0121. The molecule has 4 rings (SSSR count). The number of aromatic nitrogens is 2. The highest BCUT2D eigenvalue weighted by molar-refractivity contribution is 8.00. The van der Waals surface area contributed by atoms with E-state index in [1.807, 2.05) is 12.1 Å². The summed E-state index contributed by atoms with van der Waals surface area (Å²) in [5.74, 6) is 1.90. The van der Waals surface area contributed by atoms with Crippen LogP contribution in [0.3, 0.4) is 0 Å². The van der Waals surface area contributed by atoms with Crippen molar-refractivity contribution in [2.45, 2.75) is 34.6 Å². The van der Waals surface area contributed by atoms with Crippen LogP contribution in [0.2, 0.25) is 0 Å². The van der Waals surface area contributed by atoms with Gasteiger partial charge in [0.1, 0.15) is 11.5 Å². The van der Waals surface area contributed by atoms with E-state index in [-0.39, 0.29) is 5.09 Å². The fraction of sp³-hybridized carbons (Fsp3) is 0.375. The Balaban J connectivity index is 1.32. The number of nitrogens with zero attached hydrogens (tertiary/aromatic N) is 3. The predicted molar refractivity (Wildman–Crippen MR) is 102 cm³/mol. The average molecular weight is 427 g/mol. The Morgan fingerprint density at radius 3 is 2.81 bits per heavy atom. The summed E-state index contributed by atoms with van der Waals surface area (Å²) in [5.41, 5.74) is 0. The van der Waals surface area contributed by atoms with Crippen LogP contribution in [0.5, 0.6) is 0 Å². The zero-order valence-electron chi connectivity index (χ0n) is 14.3. The molecule has 8 nitrogen and oxygen atoms in total. The van der Waals surface area contributed by atoms with Crippen LogP contribution < -0.4 is 5.32 Å². The van der Waals surface area contributed by atoms with Gasteiger partial charge in [-0.3, -0.25) is 0 Å². The van der Waals surface area contributed by atoms with E-state index in [1.54, 1.807) is 12.3 Å². The molecule has 1 saturated heterocycles. The molecule has 0 aromatic carbocycles. The maximum absolute atomic E-state index is 12.5. The molecule has 1 aliphatic heterocycles. The van der Waals surface area contributed by atoms with Crippen molar-refractivity contribution in [3.05, 3.63) is 42.0 Å². The molecule has 27 heavy (non-hydrogen) atoms. The van der Waals surface area contributed by atoms with Gasteiger partial charge >= 0.3 is 0 Å². The molecule has 0 amide bonds. The Morgan fingerprint density at radius 2 is 2.04 bits per heavy atom. The summed E-state index contributed by atoms with van der Waals surface area (Å²) in [6.07, 6.45) is 3.42. The Labute approximate surface area is 165 Å². The number of furan rings is 2. The summed E-state index contributed by atoms with van der Waals surface area (Å²) in [6.45, 7) is 1.67. The van der Waals surface area contributed by atoms with Gasteiger partial charge in [0.05, 0.1) is 18.6 Å². The molecule has 0 saturated carbocycles. The third kappa shape index (κ3) is 4.37. The van der Waals surface area contributed by atoms with Crippen molar-refractivity contribution >= 4 is 38.3 Å². The number of thioether (sulfide) groups is 1. The topological polar surface area (TPSA) is 101 Å². The van der Waals surface area contributed by atoms with Crippen LogP contribution >= 0.6 is 23.1 Å². The summed E-state index contributed by atoms with van der Waals surface area (Å²) in [4.78, 5) is 0. The Hall–Kier alpha value is -1.82. The molecule has 0 aliphatic carbocycles. The van der Waals surface area contributed by atoms with E-state index < -0.39 is 10.0 Å². The van der Waals surface area contributed by atoms with Crippen molar-refractivity contribution in [3.8, 4) is 0 Å². The Bertz CT molecular complexity index is 975. The summed E-state index contributed by atoms with van der Waals surface area (Å²) in [5, 5.41) is 12.1. The molecule has 1 aliphatic rings. The van der Waals surface area contributed by atoms with Crippen LogP contribution in [0.4, 0.5) is 5.13 Å². The lowest BCUT2D eigenvalue weighted by atomic mass is 10.4. The van der Waals surface area contributed by atoms with Crippen molar-refractivity contribution in [1.29, 1.82) is 0 Å². The third-order valence-corrected chi connectivity index (χ3v) is 7.84. The molecule has 144 valence electrons. The molecular formula is C16H18N4O4S3. The molecule has 1 fully saturated rings. The Morgan fingerprint density at radius 1 is 1.19 bits per heavy atom. The van der Waals surface area contributed by atoms with Crippen LogP contribution in [0.1, 0.15) is 24.4 Å². The lowest BCUT2D eigenvalue weighted by molar-refractivity contribution is 0.397. The monoisotopic (exact) mass is 426 g/mol. The summed E-state index contributed by atoms with van der Waals surface area (Å²) < 4.78 is 38.0. The molecule has 0 spiro atoms. The van der Waals surface area contributed by atoms with Gasteiger partial charge in [-0.05, 0) is 37.1 Å². The van der Waals surface area contributed by atoms with Crippen LogP contribution in [0, 0.1) is 0 Å². The minimum Gasteiger partial charge on any atom is -0.467 e. The smallest absolute Gasteiger partial charge is 0.276 e. The highest BCUT2D eigenvalue weighted by atomic mass is 32.2. The highest BCUT2D eigenvalue weighted by Crippen LogP contribution is 2.30. The van der Waals surface area contributed by atoms with Crippen LogP contribution in [-0.2, 0) is 22.3 Å². The lowest BCUT2D eigenvalue weighted by Crippen LogP contribution is -2.27. The molecule has 0 unspecified atom stereocenters. The van der Waals surface area contributed by atoms with E-state index in [0.29, 0.717) is 36.3 Å². The van der Waals surface area contributed by atoms with E-state index in [1.165, 1.54) is 33.5 Å². The first kappa shape index (κ1) is 18.5. The molecule has 1 N–H and O–H groups in total. The van der Waals surface area contributed by atoms with Crippen molar-refractivity contribution in [1.82, 2.24) is 14.5 Å². The van der Waals surface area contributed by atoms with Gasteiger partial charge in [-0.25, -0.2) is 8.42 Å². The second-order valence-corrected chi connectivity index (χ2v) is 10.00. The largest absolute Gasteiger partial charge is 0.467 e. The zero-order valence-corrected chi connectivity index (χ0v) is 16.8. The standard InChI is InChI=1S/C16H18N4O4S3/c21-27(22,20-7-1-2-8-20)14-6-5-13(24-14)11-25-16-19-18-15(26-16)17-10-12-4-3-9-23-12/h3-6,9H,1-2,7-8,10-11H2,(H,17,18). The predicted octanol–water partition coefficient (Wildman–Crippen LogP) is 3.41. The number of sulfonamides is 1. The van der Waals surface area contributed by atoms with Crippen LogP contribution in [-0.4, -0.2) is 36.0 Å². The fourth-order valence-corrected chi connectivity index (χ4v) is 5.77. The van der Waals surface area contributed by atoms with Gasteiger partial charge in [0.25, 0.3) is 10.0 Å². The number of rotatable bonds is 8. The Kier molecular flexibility index (Phi) is 5.53. The van der Waals surface area contributed by atoms with Crippen molar-refractivity contribution in [2.75, 3.05) is 18.4 Å². The molecule has 0 radical (unpaired) electrons. The normalized spacial score (nSPS) is 15.4. The summed E-state index contributed by atoms with van der Waals surface area (Å²) in [7, 11) is -3.51. The molecule has 11 heteroatoms. The van der Waals surface area contributed by atoms with Crippen molar-refractivity contribution in [2.24, 2.45) is 0 Å². The molecule has 3 aromatic heterocycles. The fourth-order valence-electron chi connectivity index (χ4n) is 2.68. The van der Waals surface area contributed by atoms with Gasteiger partial charge in [-0.15, -0.1) is 10.2 Å². The van der Waals surface area contributed by atoms with E-state index in [4.69, 9.17) is 8.83 Å².